The van der Waals surface area contributed by atoms with Crippen LogP contribution in [0, 0.1) is 0 Å². The van der Waals surface area contributed by atoms with Gasteiger partial charge in [-0.25, -0.2) is 0 Å². The molecule has 1 aliphatic heterocycles. The Morgan fingerprint density at radius 3 is 2.11 bits per heavy atom. The van der Waals surface area contributed by atoms with Gasteiger partial charge in [-0.1, -0.05) is 37.3 Å². The first-order valence-electron chi connectivity index (χ1n) is 9.85. The monoisotopic (exact) mass is 361 g/mol. The zero-order valence-electron chi connectivity index (χ0n) is 17.0. The fourth-order valence-electron chi connectivity index (χ4n) is 3.63. The number of aromatic nitrogens is 1. The van der Waals surface area contributed by atoms with Crippen LogP contribution >= 0.6 is 0 Å². The summed E-state index contributed by atoms with van der Waals surface area (Å²) in [7, 11) is -0.311. The van der Waals surface area contributed by atoms with Gasteiger partial charge in [-0.15, -0.1) is 0 Å². The Morgan fingerprint density at radius 1 is 0.852 bits per heavy atom. The molecule has 0 spiro atoms. The van der Waals surface area contributed by atoms with Crippen LogP contribution in [-0.4, -0.2) is 22.9 Å². The van der Waals surface area contributed by atoms with Gasteiger partial charge in [0.2, 0.25) is 0 Å². The fourth-order valence-corrected chi connectivity index (χ4v) is 3.63. The Labute approximate surface area is 162 Å². The number of rotatable bonds is 4. The van der Waals surface area contributed by atoms with Crippen molar-refractivity contribution >= 4 is 23.5 Å². The van der Waals surface area contributed by atoms with E-state index >= 15 is 0 Å². The van der Waals surface area contributed by atoms with Crippen molar-refractivity contribution in [1.29, 1.82) is 0 Å². The van der Waals surface area contributed by atoms with Gasteiger partial charge < -0.3 is 13.9 Å². The number of hydrogen-bond acceptors (Lipinski definition) is 2. The summed E-state index contributed by atoms with van der Waals surface area (Å²) in [5.74, 6) is 0. The molecule has 1 saturated heterocycles. The molecule has 2 aromatic carbocycles. The smallest absolute Gasteiger partial charge is 0.399 e. The molecule has 0 N–H and O–H groups in total. The highest BCUT2D eigenvalue weighted by atomic mass is 16.7. The highest BCUT2D eigenvalue weighted by Crippen LogP contribution is 2.36. The largest absolute Gasteiger partial charge is 0.494 e. The van der Waals surface area contributed by atoms with Crippen LogP contribution in [0.5, 0.6) is 0 Å². The number of nitrogens with zero attached hydrogens (tertiary/aromatic N) is 1. The lowest BCUT2D eigenvalue weighted by molar-refractivity contribution is 0.00578. The van der Waals surface area contributed by atoms with Crippen molar-refractivity contribution in [2.75, 3.05) is 0 Å². The summed E-state index contributed by atoms with van der Waals surface area (Å²) in [5, 5.41) is 1.29. The molecule has 3 aromatic rings. The van der Waals surface area contributed by atoms with E-state index in [9.17, 15) is 0 Å². The molecule has 1 aliphatic rings. The average Bonchev–Trinajstić information content (AvgIpc) is 3.12. The predicted octanol–water partition coefficient (Wildman–Crippen LogP) is 5.02. The Kier molecular flexibility index (Phi) is 4.44. The third kappa shape index (κ3) is 3.22. The topological polar surface area (TPSA) is 23.4 Å². The van der Waals surface area contributed by atoms with Crippen LogP contribution in [0.15, 0.2) is 54.7 Å². The van der Waals surface area contributed by atoms with E-state index in [4.69, 9.17) is 9.31 Å². The highest BCUT2D eigenvalue weighted by Gasteiger charge is 2.51. The van der Waals surface area contributed by atoms with Crippen molar-refractivity contribution in [3.05, 3.63) is 54.7 Å². The van der Waals surface area contributed by atoms with Gasteiger partial charge in [0, 0.05) is 23.6 Å². The van der Waals surface area contributed by atoms with Crippen LogP contribution in [0.2, 0.25) is 0 Å². The molecule has 1 aromatic heterocycles. The lowest BCUT2D eigenvalue weighted by atomic mass is 9.78. The third-order valence-electron chi connectivity index (χ3n) is 6.00. The molecular formula is C23H28BNO2. The Balaban J connectivity index is 1.58. The SMILES string of the molecule is CCCn1ccc2cc(-c3ccc(B4OC(C)(C)C(C)(C)O4)cc3)ccc21. The van der Waals surface area contributed by atoms with E-state index in [-0.39, 0.29) is 18.3 Å². The molecule has 0 radical (unpaired) electrons. The van der Waals surface area contributed by atoms with Gasteiger partial charge in [-0.2, -0.15) is 0 Å². The zero-order valence-corrected chi connectivity index (χ0v) is 17.0. The van der Waals surface area contributed by atoms with Crippen LogP contribution in [0.4, 0.5) is 0 Å². The molecular weight excluding hydrogens is 333 g/mol. The molecule has 0 unspecified atom stereocenters. The summed E-state index contributed by atoms with van der Waals surface area (Å²) in [6, 6.07) is 17.4. The minimum absolute atomic E-state index is 0.311. The van der Waals surface area contributed by atoms with Crippen molar-refractivity contribution in [3.63, 3.8) is 0 Å². The molecule has 1 fully saturated rings. The molecule has 0 atom stereocenters. The molecule has 4 heteroatoms. The molecule has 0 aliphatic carbocycles. The Morgan fingerprint density at radius 2 is 1.48 bits per heavy atom. The lowest BCUT2D eigenvalue weighted by Crippen LogP contribution is -2.41. The van der Waals surface area contributed by atoms with Gasteiger partial charge >= 0.3 is 7.12 Å². The van der Waals surface area contributed by atoms with E-state index < -0.39 is 0 Å². The maximum absolute atomic E-state index is 6.15. The first-order valence-corrected chi connectivity index (χ1v) is 9.85. The second-order valence-corrected chi connectivity index (χ2v) is 8.49. The summed E-state index contributed by atoms with van der Waals surface area (Å²) in [4.78, 5) is 0. The van der Waals surface area contributed by atoms with Gasteiger partial charge in [0.15, 0.2) is 0 Å². The van der Waals surface area contributed by atoms with Crippen LogP contribution in [0.3, 0.4) is 0 Å². The molecule has 140 valence electrons. The Hall–Kier alpha value is -2.04. The number of aryl methyl sites for hydroxylation is 1. The van der Waals surface area contributed by atoms with Gasteiger partial charge in [0.1, 0.15) is 0 Å². The molecule has 27 heavy (non-hydrogen) atoms. The molecule has 0 saturated carbocycles. The van der Waals surface area contributed by atoms with Crippen molar-refractivity contribution in [3.8, 4) is 11.1 Å². The highest BCUT2D eigenvalue weighted by molar-refractivity contribution is 6.62. The molecule has 0 amide bonds. The van der Waals surface area contributed by atoms with Gasteiger partial charge in [-0.05, 0) is 68.9 Å². The summed E-state index contributed by atoms with van der Waals surface area (Å²) in [6.45, 7) is 11.6. The van der Waals surface area contributed by atoms with E-state index in [1.165, 1.54) is 22.0 Å². The van der Waals surface area contributed by atoms with Crippen molar-refractivity contribution in [2.24, 2.45) is 0 Å². The number of fused-ring (bicyclic) bond motifs is 1. The first-order chi connectivity index (χ1) is 12.8. The number of hydrogen-bond donors (Lipinski definition) is 0. The molecule has 4 rings (SSSR count). The van der Waals surface area contributed by atoms with Crippen LogP contribution in [-0.2, 0) is 15.9 Å². The normalized spacial score (nSPS) is 18.3. The second kappa shape index (κ2) is 6.54. The summed E-state index contributed by atoms with van der Waals surface area (Å²) in [5.41, 5.74) is 4.18. The van der Waals surface area contributed by atoms with Crippen LogP contribution in [0.25, 0.3) is 22.0 Å². The van der Waals surface area contributed by atoms with Crippen molar-refractivity contribution < 1.29 is 9.31 Å². The number of benzene rings is 2. The van der Waals surface area contributed by atoms with E-state index in [2.05, 4.69) is 93.9 Å². The maximum atomic E-state index is 6.15. The van der Waals surface area contributed by atoms with Crippen LogP contribution in [0.1, 0.15) is 41.0 Å². The minimum Gasteiger partial charge on any atom is -0.399 e. The van der Waals surface area contributed by atoms with E-state index in [0.717, 1.165) is 18.4 Å². The van der Waals surface area contributed by atoms with E-state index in [1.54, 1.807) is 0 Å². The second-order valence-electron chi connectivity index (χ2n) is 8.49. The van der Waals surface area contributed by atoms with Gasteiger partial charge in [0.05, 0.1) is 11.2 Å². The predicted molar refractivity (Wildman–Crippen MR) is 113 cm³/mol. The van der Waals surface area contributed by atoms with Gasteiger partial charge in [-0.3, -0.25) is 0 Å². The lowest BCUT2D eigenvalue weighted by Gasteiger charge is -2.32. The van der Waals surface area contributed by atoms with E-state index in [1.807, 2.05) is 0 Å². The molecule has 3 nitrogen and oxygen atoms in total. The van der Waals surface area contributed by atoms with Gasteiger partial charge in [0.25, 0.3) is 0 Å². The molecule has 2 heterocycles. The maximum Gasteiger partial charge on any atom is 0.494 e. The summed E-state index contributed by atoms with van der Waals surface area (Å²) < 4.78 is 14.6. The summed E-state index contributed by atoms with van der Waals surface area (Å²) in [6.07, 6.45) is 3.32. The summed E-state index contributed by atoms with van der Waals surface area (Å²) >= 11 is 0. The van der Waals surface area contributed by atoms with Crippen molar-refractivity contribution in [1.82, 2.24) is 4.57 Å². The molecule has 0 bridgehead atoms. The third-order valence-corrected chi connectivity index (χ3v) is 6.00. The average molecular weight is 361 g/mol. The van der Waals surface area contributed by atoms with E-state index in [0.29, 0.717) is 0 Å². The van der Waals surface area contributed by atoms with Crippen LogP contribution < -0.4 is 5.46 Å². The quantitative estimate of drug-likeness (QED) is 0.610. The Bertz CT molecular complexity index is 940. The fraction of sp³-hybridized carbons (Fsp3) is 0.391. The zero-order chi connectivity index (χ0) is 19.2. The minimum atomic E-state index is -0.312. The first kappa shape index (κ1) is 18.3. The standard InChI is InChI=1S/C23H28BNO2/c1-6-14-25-15-13-19-16-18(9-12-21(19)25)17-7-10-20(11-8-17)24-26-22(2,3)23(4,5)27-24/h7-13,15-16H,6,14H2,1-5H3. The van der Waals surface area contributed by atoms with Crippen molar-refractivity contribution in [2.45, 2.75) is 58.8 Å².